The number of hydrogen-bond acceptors (Lipinski definition) is 5. The molecule has 17 heavy (non-hydrogen) atoms. The number of aromatic nitrogens is 2. The van der Waals surface area contributed by atoms with Crippen molar-refractivity contribution >= 4 is 18.5 Å². The Kier molecular flexibility index (Phi) is 5.46. The fourth-order valence-corrected chi connectivity index (χ4v) is 2.54. The van der Waals surface area contributed by atoms with Gasteiger partial charge in [-0.1, -0.05) is 6.92 Å². The first-order chi connectivity index (χ1) is 7.96. The van der Waals surface area contributed by atoms with Gasteiger partial charge >= 0.3 is 6.72 Å². The maximum atomic E-state index is 9.70. The normalized spacial score (nSPS) is 14.4. The summed E-state index contributed by atoms with van der Waals surface area (Å²) in [4.78, 5) is 18.1. The second-order valence-electron chi connectivity index (χ2n) is 3.49. The number of hydrogen-bond donors (Lipinski definition) is 1. The van der Waals surface area contributed by atoms with E-state index in [-0.39, 0.29) is 5.88 Å². The molecule has 1 atom stereocenters. The van der Waals surface area contributed by atoms with Gasteiger partial charge in [0.15, 0.2) is 0 Å². The van der Waals surface area contributed by atoms with Crippen molar-refractivity contribution in [3.8, 4) is 5.88 Å². The van der Waals surface area contributed by atoms with Gasteiger partial charge in [-0.15, -0.1) is 0 Å². The quantitative estimate of drug-likeness (QED) is 0.805. The highest BCUT2D eigenvalue weighted by molar-refractivity contribution is 8.07. The van der Waals surface area contributed by atoms with Crippen LogP contribution < -0.4 is 4.52 Å². The minimum Gasteiger partial charge on any atom is -0.406 e. The zero-order valence-electron chi connectivity index (χ0n) is 10.2. The summed E-state index contributed by atoms with van der Waals surface area (Å²) >= 11 is 4.84. The lowest BCUT2D eigenvalue weighted by molar-refractivity contribution is 0.268. The molecule has 0 radical (unpaired) electrons. The molecule has 0 amide bonds. The maximum absolute atomic E-state index is 9.70. The molecule has 96 valence electrons. The SMILES string of the molecule is CCCc1nc(C)cc(OP(O)(=S)OCC)n1. The molecular weight excluding hydrogens is 259 g/mol. The molecule has 1 rings (SSSR count). The predicted molar refractivity (Wildman–Crippen MR) is 69.5 cm³/mol. The first-order valence-electron chi connectivity index (χ1n) is 5.48. The Balaban J connectivity index is 2.87. The highest BCUT2D eigenvalue weighted by Crippen LogP contribution is 2.43. The summed E-state index contributed by atoms with van der Waals surface area (Å²) in [6.45, 7) is 2.71. The van der Waals surface area contributed by atoms with Gasteiger partial charge in [0.2, 0.25) is 5.88 Å². The molecule has 0 aliphatic rings. The zero-order chi connectivity index (χ0) is 12.9. The van der Waals surface area contributed by atoms with Gasteiger partial charge in [0, 0.05) is 30.0 Å². The van der Waals surface area contributed by atoms with Crippen molar-refractivity contribution in [2.24, 2.45) is 0 Å². The van der Waals surface area contributed by atoms with E-state index in [4.69, 9.17) is 20.9 Å². The molecule has 0 spiro atoms. The maximum Gasteiger partial charge on any atom is 0.379 e. The summed E-state index contributed by atoms with van der Waals surface area (Å²) < 4.78 is 10.2. The Morgan fingerprint density at radius 1 is 1.41 bits per heavy atom. The van der Waals surface area contributed by atoms with Crippen LogP contribution in [0.4, 0.5) is 0 Å². The van der Waals surface area contributed by atoms with E-state index in [9.17, 15) is 4.89 Å². The average Bonchev–Trinajstić information content (AvgIpc) is 2.15. The molecule has 7 heteroatoms. The van der Waals surface area contributed by atoms with E-state index in [0.717, 1.165) is 18.5 Å². The van der Waals surface area contributed by atoms with E-state index in [1.165, 1.54) is 0 Å². The lowest BCUT2D eigenvalue weighted by Crippen LogP contribution is -2.02. The second kappa shape index (κ2) is 6.40. The highest BCUT2D eigenvalue weighted by Gasteiger charge is 2.17. The fraction of sp³-hybridized carbons (Fsp3) is 0.600. The van der Waals surface area contributed by atoms with E-state index in [2.05, 4.69) is 9.97 Å². The second-order valence-corrected chi connectivity index (χ2v) is 6.25. The monoisotopic (exact) mass is 276 g/mol. The smallest absolute Gasteiger partial charge is 0.379 e. The van der Waals surface area contributed by atoms with Crippen molar-refractivity contribution < 1.29 is 13.9 Å². The largest absolute Gasteiger partial charge is 0.406 e. The molecule has 1 aromatic rings. The molecule has 0 bridgehead atoms. The summed E-state index contributed by atoms with van der Waals surface area (Å²) in [5, 5.41) is 0. The van der Waals surface area contributed by atoms with Gasteiger partial charge in [-0.25, -0.2) is 4.98 Å². The van der Waals surface area contributed by atoms with Gasteiger partial charge in [-0.05, 0) is 20.3 Å². The molecule has 0 aliphatic heterocycles. The highest BCUT2D eigenvalue weighted by atomic mass is 32.5. The Bertz CT molecular complexity index is 428. The molecule has 1 unspecified atom stereocenters. The van der Waals surface area contributed by atoms with Crippen LogP contribution in [-0.2, 0) is 22.8 Å². The van der Waals surface area contributed by atoms with E-state index >= 15 is 0 Å². The zero-order valence-corrected chi connectivity index (χ0v) is 11.9. The van der Waals surface area contributed by atoms with Gasteiger partial charge < -0.3 is 9.42 Å². The standard InChI is InChI=1S/C10H17N2O3PS/c1-4-6-9-11-8(3)7-10(12-9)15-16(13,17)14-5-2/h7H,4-6H2,1-3H3,(H,13,17). The molecule has 1 heterocycles. The summed E-state index contributed by atoms with van der Waals surface area (Å²) in [7, 11) is 0. The van der Waals surface area contributed by atoms with Crippen LogP contribution in [0.3, 0.4) is 0 Å². The summed E-state index contributed by atoms with van der Waals surface area (Å²) in [5.41, 5.74) is 0.782. The van der Waals surface area contributed by atoms with Gasteiger partial charge in [0.1, 0.15) is 5.82 Å². The van der Waals surface area contributed by atoms with Crippen LogP contribution in [0.15, 0.2) is 6.07 Å². The third-order valence-electron chi connectivity index (χ3n) is 1.85. The Morgan fingerprint density at radius 3 is 2.71 bits per heavy atom. The topological polar surface area (TPSA) is 64.5 Å². The third-order valence-corrected chi connectivity index (χ3v) is 3.39. The third kappa shape index (κ3) is 5.08. The predicted octanol–water partition coefficient (Wildman–Crippen LogP) is 2.37. The molecule has 5 nitrogen and oxygen atoms in total. The van der Waals surface area contributed by atoms with Crippen LogP contribution in [0.1, 0.15) is 31.8 Å². The average molecular weight is 276 g/mol. The number of aryl methyl sites for hydroxylation is 2. The van der Waals surface area contributed by atoms with E-state index in [0.29, 0.717) is 12.4 Å². The van der Waals surface area contributed by atoms with Gasteiger partial charge in [-0.2, -0.15) is 4.98 Å². The molecule has 1 N–H and O–H groups in total. The van der Waals surface area contributed by atoms with Crippen LogP contribution in [0.5, 0.6) is 5.88 Å². The lowest BCUT2D eigenvalue weighted by atomic mass is 10.3. The minimum absolute atomic E-state index is 0.278. The van der Waals surface area contributed by atoms with Crippen molar-refractivity contribution in [2.45, 2.75) is 33.6 Å². The van der Waals surface area contributed by atoms with Crippen molar-refractivity contribution in [2.75, 3.05) is 6.61 Å². The fourth-order valence-electron chi connectivity index (χ4n) is 1.29. The number of nitrogens with zero attached hydrogens (tertiary/aromatic N) is 2. The molecule has 0 fully saturated rings. The summed E-state index contributed by atoms with van der Waals surface area (Å²) in [5.74, 6) is 0.967. The molecule has 1 aromatic heterocycles. The molecule has 0 aliphatic carbocycles. The molecule has 0 aromatic carbocycles. The molecule has 0 saturated heterocycles. The van der Waals surface area contributed by atoms with Crippen LogP contribution in [0.2, 0.25) is 0 Å². The van der Waals surface area contributed by atoms with Gasteiger partial charge in [0.05, 0.1) is 6.61 Å². The van der Waals surface area contributed by atoms with Crippen LogP contribution in [-0.4, -0.2) is 21.5 Å². The van der Waals surface area contributed by atoms with E-state index < -0.39 is 6.72 Å². The number of rotatable bonds is 6. The van der Waals surface area contributed by atoms with Crippen molar-refractivity contribution in [3.63, 3.8) is 0 Å². The lowest BCUT2D eigenvalue weighted by Gasteiger charge is -2.15. The van der Waals surface area contributed by atoms with E-state index in [1.807, 2.05) is 13.8 Å². The first kappa shape index (κ1) is 14.5. The molecule has 0 saturated carbocycles. The van der Waals surface area contributed by atoms with Crippen molar-refractivity contribution in [1.82, 2.24) is 9.97 Å². The summed E-state index contributed by atoms with van der Waals surface area (Å²) in [6, 6.07) is 1.63. The van der Waals surface area contributed by atoms with Crippen LogP contribution in [0.25, 0.3) is 0 Å². The Labute approximate surface area is 106 Å². The van der Waals surface area contributed by atoms with Crippen LogP contribution >= 0.6 is 6.72 Å². The van der Waals surface area contributed by atoms with Crippen LogP contribution in [0, 0.1) is 6.92 Å². The first-order valence-corrected chi connectivity index (χ1v) is 8.07. The van der Waals surface area contributed by atoms with Gasteiger partial charge in [0.25, 0.3) is 0 Å². The molecular formula is C10H17N2O3PS. The Hall–Kier alpha value is -0.550. The minimum atomic E-state index is -3.23. The summed E-state index contributed by atoms with van der Waals surface area (Å²) in [6.07, 6.45) is 1.71. The van der Waals surface area contributed by atoms with Crippen molar-refractivity contribution in [1.29, 1.82) is 0 Å². The van der Waals surface area contributed by atoms with Crippen molar-refractivity contribution in [3.05, 3.63) is 17.6 Å². The van der Waals surface area contributed by atoms with E-state index in [1.54, 1.807) is 13.0 Å². The van der Waals surface area contributed by atoms with Gasteiger partial charge in [-0.3, -0.25) is 4.52 Å². The Morgan fingerprint density at radius 2 is 2.12 bits per heavy atom.